The number of carbonyl (C=O) groups is 1. The second kappa shape index (κ2) is 8.81. The SMILES string of the molecule is O=C(CCCN1CCCCC1)Nc1cc(-c2ccco2)c2oc(-c3ccco3)nc2c1. The van der Waals surface area contributed by atoms with Crippen LogP contribution in [0.2, 0.25) is 0 Å². The number of aromatic nitrogens is 1. The molecule has 1 amide bonds. The molecule has 1 fully saturated rings. The van der Waals surface area contributed by atoms with Gasteiger partial charge in [0.2, 0.25) is 5.91 Å². The van der Waals surface area contributed by atoms with Crippen molar-refractivity contribution < 1.29 is 18.0 Å². The van der Waals surface area contributed by atoms with Crippen LogP contribution in [0.5, 0.6) is 0 Å². The van der Waals surface area contributed by atoms with E-state index in [9.17, 15) is 4.79 Å². The Morgan fingerprint density at radius 3 is 2.55 bits per heavy atom. The van der Waals surface area contributed by atoms with Gasteiger partial charge < -0.3 is 23.5 Å². The smallest absolute Gasteiger partial charge is 0.263 e. The summed E-state index contributed by atoms with van der Waals surface area (Å²) in [4.78, 5) is 19.6. The van der Waals surface area contributed by atoms with Crippen molar-refractivity contribution in [1.82, 2.24) is 9.88 Å². The van der Waals surface area contributed by atoms with E-state index in [1.165, 1.54) is 19.3 Å². The van der Waals surface area contributed by atoms with Crippen molar-refractivity contribution in [3.8, 4) is 23.0 Å². The molecule has 4 aromatic rings. The van der Waals surface area contributed by atoms with Crippen molar-refractivity contribution in [3.05, 3.63) is 48.9 Å². The molecule has 0 radical (unpaired) electrons. The molecular weight excluding hydrogens is 394 g/mol. The second-order valence-electron chi connectivity index (χ2n) is 7.90. The zero-order valence-corrected chi connectivity index (χ0v) is 17.3. The van der Waals surface area contributed by atoms with Gasteiger partial charge in [0.1, 0.15) is 11.3 Å². The summed E-state index contributed by atoms with van der Waals surface area (Å²) in [5.74, 6) is 1.58. The first-order valence-corrected chi connectivity index (χ1v) is 10.8. The predicted octanol–water partition coefficient (Wildman–Crippen LogP) is 5.55. The summed E-state index contributed by atoms with van der Waals surface area (Å²) < 4.78 is 17.0. The van der Waals surface area contributed by atoms with Gasteiger partial charge in [0.25, 0.3) is 5.89 Å². The molecule has 4 heterocycles. The van der Waals surface area contributed by atoms with E-state index < -0.39 is 0 Å². The van der Waals surface area contributed by atoms with Gasteiger partial charge >= 0.3 is 0 Å². The number of nitrogens with zero attached hydrogens (tertiary/aromatic N) is 2. The number of benzene rings is 1. The van der Waals surface area contributed by atoms with E-state index in [2.05, 4.69) is 15.2 Å². The van der Waals surface area contributed by atoms with Crippen LogP contribution in [0.25, 0.3) is 34.1 Å². The van der Waals surface area contributed by atoms with Gasteiger partial charge in [-0.1, -0.05) is 6.42 Å². The molecule has 3 aromatic heterocycles. The molecule has 7 nitrogen and oxygen atoms in total. The van der Waals surface area contributed by atoms with E-state index in [1.807, 2.05) is 24.3 Å². The van der Waals surface area contributed by atoms with Gasteiger partial charge in [-0.25, -0.2) is 4.98 Å². The molecule has 0 bridgehead atoms. The molecule has 0 saturated carbocycles. The van der Waals surface area contributed by atoms with E-state index >= 15 is 0 Å². The zero-order valence-electron chi connectivity index (χ0n) is 17.3. The van der Waals surface area contributed by atoms with Gasteiger partial charge in [-0.3, -0.25) is 4.79 Å². The van der Waals surface area contributed by atoms with Crippen LogP contribution >= 0.6 is 0 Å². The Morgan fingerprint density at radius 1 is 1.03 bits per heavy atom. The highest BCUT2D eigenvalue weighted by Crippen LogP contribution is 2.35. The number of likely N-dealkylation sites (tertiary alicyclic amines) is 1. The van der Waals surface area contributed by atoms with Gasteiger partial charge in [-0.05, 0) is 75.3 Å². The lowest BCUT2D eigenvalue weighted by Crippen LogP contribution is -2.31. The molecule has 31 heavy (non-hydrogen) atoms. The average molecular weight is 419 g/mol. The number of furan rings is 2. The molecule has 1 N–H and O–H groups in total. The molecular formula is C24H25N3O4. The first-order valence-electron chi connectivity index (χ1n) is 10.8. The third-order valence-corrected chi connectivity index (χ3v) is 5.62. The highest BCUT2D eigenvalue weighted by molar-refractivity contribution is 5.98. The summed E-state index contributed by atoms with van der Waals surface area (Å²) in [6, 6.07) is 10.9. The normalized spacial score (nSPS) is 14.8. The largest absolute Gasteiger partial charge is 0.464 e. The molecule has 0 unspecified atom stereocenters. The Balaban J connectivity index is 1.35. The minimum Gasteiger partial charge on any atom is -0.464 e. The molecule has 7 heteroatoms. The third kappa shape index (κ3) is 4.41. The average Bonchev–Trinajstić information content (AvgIpc) is 3.55. The van der Waals surface area contributed by atoms with Crippen LogP contribution in [0.4, 0.5) is 5.69 Å². The minimum atomic E-state index is -0.00323. The molecule has 1 aliphatic rings. The van der Waals surface area contributed by atoms with Gasteiger partial charge in [0, 0.05) is 12.1 Å². The number of nitrogens with one attached hydrogen (secondary N) is 1. The van der Waals surface area contributed by atoms with E-state index in [4.69, 9.17) is 13.3 Å². The monoisotopic (exact) mass is 419 g/mol. The van der Waals surface area contributed by atoms with Crippen molar-refractivity contribution in [2.75, 3.05) is 25.0 Å². The van der Waals surface area contributed by atoms with E-state index in [1.54, 1.807) is 24.7 Å². The highest BCUT2D eigenvalue weighted by atomic mass is 16.4. The highest BCUT2D eigenvalue weighted by Gasteiger charge is 2.18. The van der Waals surface area contributed by atoms with E-state index in [0.717, 1.165) is 31.6 Å². The molecule has 1 saturated heterocycles. The van der Waals surface area contributed by atoms with Crippen LogP contribution in [0.3, 0.4) is 0 Å². The van der Waals surface area contributed by atoms with Crippen LogP contribution in [0.1, 0.15) is 32.1 Å². The summed E-state index contributed by atoms with van der Waals surface area (Å²) in [6.07, 6.45) is 8.37. The lowest BCUT2D eigenvalue weighted by molar-refractivity contribution is -0.116. The number of oxazole rings is 1. The fraction of sp³-hybridized carbons (Fsp3) is 0.333. The number of amides is 1. The molecule has 0 spiro atoms. The third-order valence-electron chi connectivity index (χ3n) is 5.62. The Bertz CT molecular complexity index is 1140. The van der Waals surface area contributed by atoms with Crippen molar-refractivity contribution in [2.45, 2.75) is 32.1 Å². The fourth-order valence-electron chi connectivity index (χ4n) is 4.10. The van der Waals surface area contributed by atoms with Gasteiger partial charge in [0.15, 0.2) is 11.3 Å². The molecule has 1 aromatic carbocycles. The molecule has 1 aliphatic heterocycles. The molecule has 0 atom stereocenters. The summed E-state index contributed by atoms with van der Waals surface area (Å²) in [6.45, 7) is 3.27. The van der Waals surface area contributed by atoms with E-state index in [-0.39, 0.29) is 5.91 Å². The Labute approximate surface area is 180 Å². The van der Waals surface area contributed by atoms with Gasteiger partial charge in [0.05, 0.1) is 18.1 Å². The standard InChI is InChI=1S/C24H25N3O4/c28-22(9-4-12-27-10-2-1-3-11-27)25-17-15-18(20-7-5-13-29-20)23-19(16-17)26-24(31-23)21-8-6-14-30-21/h5-8,13-16H,1-4,9-12H2,(H,25,28). The number of piperidine rings is 1. The quantitative estimate of drug-likeness (QED) is 0.423. The Kier molecular flexibility index (Phi) is 5.58. The molecule has 5 rings (SSSR count). The number of carbonyl (C=O) groups excluding carboxylic acids is 1. The maximum Gasteiger partial charge on any atom is 0.263 e. The van der Waals surface area contributed by atoms with Crippen LogP contribution in [0.15, 0.2) is 62.2 Å². The van der Waals surface area contributed by atoms with E-state index in [0.29, 0.717) is 40.6 Å². The summed E-state index contributed by atoms with van der Waals surface area (Å²) in [7, 11) is 0. The number of hydrogen-bond donors (Lipinski definition) is 1. The maximum absolute atomic E-state index is 12.6. The van der Waals surface area contributed by atoms with Crippen molar-refractivity contribution in [1.29, 1.82) is 0 Å². The van der Waals surface area contributed by atoms with Crippen molar-refractivity contribution in [3.63, 3.8) is 0 Å². The van der Waals surface area contributed by atoms with Crippen LogP contribution in [-0.2, 0) is 4.79 Å². The first kappa shape index (κ1) is 19.6. The van der Waals surface area contributed by atoms with Crippen molar-refractivity contribution in [2.24, 2.45) is 0 Å². The Hall–Kier alpha value is -3.32. The maximum atomic E-state index is 12.6. The zero-order chi connectivity index (χ0) is 21.0. The summed E-state index contributed by atoms with van der Waals surface area (Å²) >= 11 is 0. The fourth-order valence-corrected chi connectivity index (χ4v) is 4.10. The van der Waals surface area contributed by atoms with Gasteiger partial charge in [-0.2, -0.15) is 0 Å². The predicted molar refractivity (Wildman–Crippen MR) is 118 cm³/mol. The summed E-state index contributed by atoms with van der Waals surface area (Å²) in [5.41, 5.74) is 2.62. The van der Waals surface area contributed by atoms with Crippen LogP contribution in [0, 0.1) is 0 Å². The van der Waals surface area contributed by atoms with Crippen LogP contribution < -0.4 is 5.32 Å². The topological polar surface area (TPSA) is 84.7 Å². The summed E-state index contributed by atoms with van der Waals surface area (Å²) in [5, 5.41) is 3.01. The number of anilines is 1. The lowest BCUT2D eigenvalue weighted by atomic mass is 10.1. The lowest BCUT2D eigenvalue weighted by Gasteiger charge is -2.26. The van der Waals surface area contributed by atoms with Crippen molar-refractivity contribution >= 4 is 22.7 Å². The Morgan fingerprint density at radius 2 is 1.81 bits per heavy atom. The van der Waals surface area contributed by atoms with Crippen LogP contribution in [-0.4, -0.2) is 35.4 Å². The number of rotatable bonds is 7. The second-order valence-corrected chi connectivity index (χ2v) is 7.90. The molecule has 160 valence electrons. The number of hydrogen-bond acceptors (Lipinski definition) is 6. The molecule has 0 aliphatic carbocycles. The minimum absolute atomic E-state index is 0.00323. The first-order chi connectivity index (χ1) is 15.3. The van der Waals surface area contributed by atoms with Gasteiger partial charge in [-0.15, -0.1) is 0 Å². The number of fused-ring (bicyclic) bond motifs is 1.